The number of benzene rings is 1. The van der Waals surface area contributed by atoms with E-state index in [1.165, 1.54) is 6.92 Å². The van der Waals surface area contributed by atoms with Crippen molar-refractivity contribution < 1.29 is 14.1 Å². The van der Waals surface area contributed by atoms with Gasteiger partial charge >= 0.3 is 6.03 Å². The topological polar surface area (TPSA) is 91.6 Å². The summed E-state index contributed by atoms with van der Waals surface area (Å²) < 4.78 is 5.32. The number of hydrogen-bond donors (Lipinski definition) is 1. The third kappa shape index (κ3) is 3.62. The third-order valence-corrected chi connectivity index (χ3v) is 4.17. The second-order valence-corrected chi connectivity index (χ2v) is 6.24. The molecule has 1 saturated heterocycles. The van der Waals surface area contributed by atoms with Crippen molar-refractivity contribution in [2.45, 2.75) is 25.8 Å². The Kier molecular flexibility index (Phi) is 4.69. The number of hydrogen-bond acceptors (Lipinski definition) is 6. The van der Waals surface area contributed by atoms with Gasteiger partial charge in [-0.2, -0.15) is 4.98 Å². The van der Waals surface area contributed by atoms with Crippen LogP contribution in [0.2, 0.25) is 0 Å². The summed E-state index contributed by atoms with van der Waals surface area (Å²) in [5.41, 5.74) is 1.25. The lowest BCUT2D eigenvalue weighted by atomic mass is 10.1. The molecule has 1 fully saturated rings. The van der Waals surface area contributed by atoms with E-state index in [1.54, 1.807) is 34.1 Å². The van der Waals surface area contributed by atoms with Gasteiger partial charge in [0.15, 0.2) is 5.78 Å². The number of amides is 2. The van der Waals surface area contributed by atoms with Gasteiger partial charge in [-0.3, -0.25) is 4.79 Å². The number of carbonyl (C=O) groups excluding carboxylic acids is 2. The van der Waals surface area contributed by atoms with E-state index in [9.17, 15) is 9.59 Å². The van der Waals surface area contributed by atoms with Gasteiger partial charge < -0.3 is 19.6 Å². The quantitative estimate of drug-likeness (QED) is 0.858. The molecule has 3 rings (SSSR count). The number of nitrogens with zero attached hydrogens (tertiary/aromatic N) is 4. The zero-order chi connectivity index (χ0) is 18.0. The van der Waals surface area contributed by atoms with Gasteiger partial charge in [-0.05, 0) is 49.2 Å². The van der Waals surface area contributed by atoms with E-state index >= 15 is 0 Å². The van der Waals surface area contributed by atoms with E-state index in [1.807, 2.05) is 14.1 Å². The van der Waals surface area contributed by atoms with Crippen molar-refractivity contribution in [3.05, 3.63) is 35.7 Å². The first-order valence-electron chi connectivity index (χ1n) is 8.15. The van der Waals surface area contributed by atoms with Crippen LogP contribution in [0.1, 0.15) is 42.1 Å². The van der Waals surface area contributed by atoms with Gasteiger partial charge in [0.2, 0.25) is 0 Å². The van der Waals surface area contributed by atoms with Crippen molar-refractivity contribution >= 4 is 23.5 Å². The molecule has 0 aliphatic carbocycles. The number of ketones is 1. The first kappa shape index (κ1) is 16.9. The van der Waals surface area contributed by atoms with E-state index in [4.69, 9.17) is 4.52 Å². The number of urea groups is 1. The van der Waals surface area contributed by atoms with Crippen LogP contribution in [0.5, 0.6) is 0 Å². The van der Waals surface area contributed by atoms with Crippen molar-refractivity contribution in [3.63, 3.8) is 0 Å². The highest BCUT2D eigenvalue weighted by molar-refractivity contribution is 5.95. The van der Waals surface area contributed by atoms with Crippen molar-refractivity contribution in [1.82, 2.24) is 15.0 Å². The van der Waals surface area contributed by atoms with Gasteiger partial charge in [0.25, 0.3) is 11.8 Å². The fraction of sp³-hybridized carbons (Fsp3) is 0.412. The lowest BCUT2D eigenvalue weighted by molar-refractivity contribution is 0.101. The standard InChI is InChI=1S/C17H21N5O3/c1-11(23)12-6-8-13(9-7-12)18-17(24)22-10-4-5-14(22)15-19-16(20-25-15)21(2)3/h6-9,14H,4-5,10H2,1-3H3,(H,18,24). The van der Waals surface area contributed by atoms with Crippen LogP contribution < -0.4 is 10.2 Å². The first-order valence-corrected chi connectivity index (χ1v) is 8.15. The summed E-state index contributed by atoms with van der Waals surface area (Å²) in [5, 5.41) is 6.77. The summed E-state index contributed by atoms with van der Waals surface area (Å²) in [6.45, 7) is 2.14. The van der Waals surface area contributed by atoms with Gasteiger partial charge in [-0.15, -0.1) is 0 Å². The minimum atomic E-state index is -0.224. The Morgan fingerprint density at radius 2 is 2.00 bits per heavy atom. The zero-order valence-corrected chi connectivity index (χ0v) is 14.5. The molecule has 8 nitrogen and oxygen atoms in total. The predicted octanol–water partition coefficient (Wildman–Crippen LogP) is 2.71. The average Bonchev–Trinajstić information content (AvgIpc) is 3.24. The van der Waals surface area contributed by atoms with Crippen LogP contribution in [-0.2, 0) is 0 Å². The Balaban J connectivity index is 1.70. The maximum Gasteiger partial charge on any atom is 0.322 e. The zero-order valence-electron chi connectivity index (χ0n) is 14.5. The fourth-order valence-corrected chi connectivity index (χ4v) is 2.79. The summed E-state index contributed by atoms with van der Waals surface area (Å²) in [5.74, 6) is 0.927. The molecule has 0 spiro atoms. The van der Waals surface area contributed by atoms with Crippen LogP contribution in [0, 0.1) is 0 Å². The highest BCUT2D eigenvalue weighted by atomic mass is 16.5. The summed E-state index contributed by atoms with van der Waals surface area (Å²) in [6, 6.07) is 6.38. The molecule has 2 heterocycles. The number of carbonyl (C=O) groups is 2. The van der Waals surface area contributed by atoms with Crippen LogP contribution in [0.25, 0.3) is 0 Å². The number of Topliss-reactive ketones (excluding diaryl/α,β-unsaturated/α-hetero) is 1. The molecule has 1 atom stereocenters. The molecule has 0 radical (unpaired) electrons. The summed E-state index contributed by atoms with van der Waals surface area (Å²) in [7, 11) is 3.66. The summed E-state index contributed by atoms with van der Waals surface area (Å²) >= 11 is 0. The largest absolute Gasteiger partial charge is 0.344 e. The summed E-state index contributed by atoms with van der Waals surface area (Å²) in [4.78, 5) is 31.7. The van der Waals surface area contributed by atoms with Gasteiger partial charge in [0.05, 0.1) is 0 Å². The molecule has 1 aromatic heterocycles. The minimum absolute atomic E-state index is 0.00873. The van der Waals surface area contributed by atoms with Crippen molar-refractivity contribution in [1.29, 1.82) is 0 Å². The molecule has 1 unspecified atom stereocenters. The van der Waals surface area contributed by atoms with Crippen molar-refractivity contribution in [2.24, 2.45) is 0 Å². The number of likely N-dealkylation sites (tertiary alicyclic amines) is 1. The lowest BCUT2D eigenvalue weighted by Crippen LogP contribution is -2.34. The van der Waals surface area contributed by atoms with Crippen molar-refractivity contribution in [3.8, 4) is 0 Å². The van der Waals surface area contributed by atoms with Crippen LogP contribution in [0.15, 0.2) is 28.8 Å². The average molecular weight is 343 g/mol. The summed E-state index contributed by atoms with van der Waals surface area (Å²) in [6.07, 6.45) is 1.66. The lowest BCUT2D eigenvalue weighted by Gasteiger charge is -2.22. The predicted molar refractivity (Wildman–Crippen MR) is 92.8 cm³/mol. The SMILES string of the molecule is CC(=O)c1ccc(NC(=O)N2CCCC2c2nc(N(C)C)no2)cc1. The molecule has 1 aliphatic rings. The smallest absolute Gasteiger partial charge is 0.322 e. The molecular formula is C17H21N5O3. The highest BCUT2D eigenvalue weighted by Gasteiger charge is 2.34. The molecule has 1 aliphatic heterocycles. The fourth-order valence-electron chi connectivity index (χ4n) is 2.79. The number of aromatic nitrogens is 2. The van der Waals surface area contributed by atoms with E-state index in [0.29, 0.717) is 29.6 Å². The number of rotatable bonds is 4. The molecule has 2 aromatic rings. The monoisotopic (exact) mass is 343 g/mol. The second kappa shape index (κ2) is 6.92. The molecule has 132 valence electrons. The Labute approximate surface area is 145 Å². The molecule has 2 amide bonds. The van der Waals surface area contributed by atoms with Gasteiger partial charge in [-0.1, -0.05) is 0 Å². The normalized spacial score (nSPS) is 16.8. The Morgan fingerprint density at radius 3 is 2.60 bits per heavy atom. The molecule has 0 saturated carbocycles. The van der Waals surface area contributed by atoms with E-state index in [2.05, 4.69) is 15.5 Å². The molecular weight excluding hydrogens is 322 g/mol. The Bertz CT molecular complexity index is 769. The Hall–Kier alpha value is -2.90. The Morgan fingerprint density at radius 1 is 1.28 bits per heavy atom. The maximum absolute atomic E-state index is 12.6. The number of anilines is 2. The van der Waals surface area contributed by atoms with Crippen molar-refractivity contribution in [2.75, 3.05) is 30.9 Å². The highest BCUT2D eigenvalue weighted by Crippen LogP contribution is 2.32. The number of nitrogens with one attached hydrogen (secondary N) is 1. The molecule has 8 heteroatoms. The van der Waals surface area contributed by atoms with Crippen LogP contribution in [0.3, 0.4) is 0 Å². The second-order valence-electron chi connectivity index (χ2n) is 6.24. The first-order chi connectivity index (χ1) is 12.0. The molecule has 1 aromatic carbocycles. The van der Waals surface area contributed by atoms with Gasteiger partial charge in [0.1, 0.15) is 6.04 Å². The third-order valence-electron chi connectivity index (χ3n) is 4.17. The van der Waals surface area contributed by atoms with E-state index < -0.39 is 0 Å². The molecule has 25 heavy (non-hydrogen) atoms. The van der Waals surface area contributed by atoms with Crippen LogP contribution >= 0.6 is 0 Å². The van der Waals surface area contributed by atoms with Crippen LogP contribution in [-0.4, -0.2) is 47.5 Å². The molecule has 0 bridgehead atoms. The maximum atomic E-state index is 12.6. The van der Waals surface area contributed by atoms with E-state index in [-0.39, 0.29) is 17.9 Å². The van der Waals surface area contributed by atoms with Gasteiger partial charge in [-0.25, -0.2) is 4.79 Å². The van der Waals surface area contributed by atoms with Gasteiger partial charge in [0, 0.05) is 31.9 Å². The molecule has 1 N–H and O–H groups in total. The minimum Gasteiger partial charge on any atom is -0.344 e. The van der Waals surface area contributed by atoms with Crippen LogP contribution in [0.4, 0.5) is 16.4 Å². The van der Waals surface area contributed by atoms with E-state index in [0.717, 1.165) is 12.8 Å².